The van der Waals surface area contributed by atoms with Crippen molar-refractivity contribution < 1.29 is 9.53 Å². The Morgan fingerprint density at radius 1 is 1.29 bits per heavy atom. The van der Waals surface area contributed by atoms with Crippen molar-refractivity contribution in [1.29, 1.82) is 0 Å². The Morgan fingerprint density at radius 2 is 2.00 bits per heavy atom. The van der Waals surface area contributed by atoms with Gasteiger partial charge in [-0.3, -0.25) is 4.79 Å². The number of hydrogen-bond acceptors (Lipinski definition) is 2. The minimum absolute atomic E-state index is 0.195. The highest BCUT2D eigenvalue weighted by molar-refractivity contribution is 5.75. The van der Waals surface area contributed by atoms with Crippen molar-refractivity contribution in [3.63, 3.8) is 0 Å². The summed E-state index contributed by atoms with van der Waals surface area (Å²) in [6, 6.07) is 0. The molecule has 2 fully saturated rings. The fraction of sp³-hybridized carbons (Fsp3) is 0.929. The van der Waals surface area contributed by atoms with Crippen molar-refractivity contribution in [3.05, 3.63) is 0 Å². The predicted molar refractivity (Wildman–Crippen MR) is 67.7 cm³/mol. The van der Waals surface area contributed by atoms with Gasteiger partial charge in [0.05, 0.1) is 13.2 Å². The van der Waals surface area contributed by atoms with Crippen LogP contribution in [0.3, 0.4) is 0 Å². The number of carbonyl (C=O) groups excluding carboxylic acids is 1. The second-order valence-electron chi connectivity index (χ2n) is 6.12. The van der Waals surface area contributed by atoms with E-state index in [2.05, 4.69) is 12.2 Å². The van der Waals surface area contributed by atoms with Crippen molar-refractivity contribution in [3.8, 4) is 0 Å². The highest BCUT2D eigenvalue weighted by Crippen LogP contribution is 2.27. The van der Waals surface area contributed by atoms with E-state index in [1.807, 2.05) is 0 Å². The van der Waals surface area contributed by atoms with Gasteiger partial charge < -0.3 is 10.1 Å². The first-order valence-electron chi connectivity index (χ1n) is 7.02. The molecule has 1 aliphatic carbocycles. The molecule has 1 N–H and O–H groups in total. The molecule has 0 aromatic heterocycles. The van der Waals surface area contributed by atoms with Gasteiger partial charge >= 0.3 is 0 Å². The monoisotopic (exact) mass is 239 g/mol. The largest absolute Gasteiger partial charge is 0.380 e. The lowest BCUT2D eigenvalue weighted by atomic mass is 9.86. The number of hydrogen-bond donors (Lipinski definition) is 1. The third kappa shape index (κ3) is 3.98. The van der Waals surface area contributed by atoms with Crippen LogP contribution in [-0.4, -0.2) is 25.7 Å². The van der Waals surface area contributed by atoms with E-state index in [1.54, 1.807) is 0 Å². The maximum absolute atomic E-state index is 11.7. The summed E-state index contributed by atoms with van der Waals surface area (Å²) in [6.45, 7) is 4.51. The van der Waals surface area contributed by atoms with E-state index in [-0.39, 0.29) is 11.3 Å². The smallest absolute Gasteiger partial charge is 0.220 e. The molecule has 0 radical (unpaired) electrons. The molecular weight excluding hydrogens is 214 g/mol. The second-order valence-corrected chi connectivity index (χ2v) is 6.12. The van der Waals surface area contributed by atoms with Gasteiger partial charge in [-0.2, -0.15) is 0 Å². The Morgan fingerprint density at radius 3 is 2.59 bits per heavy atom. The molecule has 0 bridgehead atoms. The van der Waals surface area contributed by atoms with E-state index >= 15 is 0 Å². The molecule has 3 nitrogen and oxygen atoms in total. The number of carbonyl (C=O) groups is 1. The Hall–Kier alpha value is -0.570. The van der Waals surface area contributed by atoms with E-state index in [9.17, 15) is 4.79 Å². The summed E-state index contributed by atoms with van der Waals surface area (Å²) in [5.41, 5.74) is 0.195. The maximum atomic E-state index is 11.7. The number of rotatable bonds is 5. The lowest BCUT2D eigenvalue weighted by Crippen LogP contribution is -2.48. The van der Waals surface area contributed by atoms with Crippen molar-refractivity contribution >= 4 is 5.91 Å². The Kier molecular flexibility index (Phi) is 4.43. The van der Waals surface area contributed by atoms with Crippen LogP contribution in [-0.2, 0) is 9.53 Å². The highest BCUT2D eigenvalue weighted by Gasteiger charge is 2.33. The zero-order valence-electron chi connectivity index (χ0n) is 11.0. The molecule has 17 heavy (non-hydrogen) atoms. The first kappa shape index (κ1) is 12.9. The summed E-state index contributed by atoms with van der Waals surface area (Å²) in [4.78, 5) is 11.7. The van der Waals surface area contributed by atoms with Gasteiger partial charge in [0, 0.05) is 18.4 Å². The molecule has 2 rings (SSSR count). The minimum atomic E-state index is 0.195. The third-order valence-electron chi connectivity index (χ3n) is 4.12. The molecule has 0 aromatic carbocycles. The van der Waals surface area contributed by atoms with E-state index in [0.717, 1.165) is 32.1 Å². The van der Waals surface area contributed by atoms with Gasteiger partial charge in [-0.15, -0.1) is 0 Å². The molecular formula is C14H25NO2. The molecule has 0 atom stereocenters. The molecule has 1 aliphatic heterocycles. The van der Waals surface area contributed by atoms with Crippen LogP contribution in [0.2, 0.25) is 0 Å². The third-order valence-corrected chi connectivity index (χ3v) is 4.12. The quantitative estimate of drug-likeness (QED) is 0.800. The summed E-state index contributed by atoms with van der Waals surface area (Å²) < 4.78 is 5.17. The van der Waals surface area contributed by atoms with Gasteiger partial charge in [-0.25, -0.2) is 0 Å². The highest BCUT2D eigenvalue weighted by atomic mass is 16.5. The number of ether oxygens (including phenoxy) is 1. The fourth-order valence-corrected chi connectivity index (χ4v) is 2.76. The normalized spacial score (nSPS) is 24.1. The summed E-state index contributed by atoms with van der Waals surface area (Å²) in [5.74, 6) is 1.03. The van der Waals surface area contributed by atoms with E-state index in [1.165, 1.54) is 32.1 Å². The molecule has 0 aromatic rings. The first-order chi connectivity index (χ1) is 8.18. The molecule has 0 unspecified atom stereocenters. The standard InChI is InChI=1S/C14H25NO2/c1-14(10-17-11-14)9-15-13(16)8-7-12-5-3-2-4-6-12/h12H,2-11H2,1H3,(H,15,16). The van der Waals surface area contributed by atoms with Gasteiger partial charge in [-0.1, -0.05) is 39.0 Å². The van der Waals surface area contributed by atoms with E-state index < -0.39 is 0 Å². The molecule has 1 saturated carbocycles. The summed E-state index contributed by atoms with van der Waals surface area (Å²) in [6.07, 6.45) is 8.57. The Bertz CT molecular complexity index is 255. The summed E-state index contributed by atoms with van der Waals surface area (Å²) >= 11 is 0. The van der Waals surface area contributed by atoms with Crippen LogP contribution in [0.5, 0.6) is 0 Å². The Labute approximate surface area is 104 Å². The molecule has 1 heterocycles. The van der Waals surface area contributed by atoms with Crippen molar-refractivity contribution in [2.24, 2.45) is 11.3 Å². The Balaban J connectivity index is 1.57. The second kappa shape index (κ2) is 5.85. The maximum Gasteiger partial charge on any atom is 0.220 e. The number of nitrogens with one attached hydrogen (secondary N) is 1. The molecule has 98 valence electrons. The van der Waals surface area contributed by atoms with Crippen LogP contribution < -0.4 is 5.32 Å². The van der Waals surface area contributed by atoms with Crippen LogP contribution in [0.1, 0.15) is 51.9 Å². The lowest BCUT2D eigenvalue weighted by molar-refractivity contribution is -0.127. The van der Waals surface area contributed by atoms with Gasteiger partial charge in [0.2, 0.25) is 5.91 Å². The molecule has 1 saturated heterocycles. The van der Waals surface area contributed by atoms with Crippen LogP contribution in [0, 0.1) is 11.3 Å². The van der Waals surface area contributed by atoms with Crippen LogP contribution in [0.15, 0.2) is 0 Å². The fourth-order valence-electron chi connectivity index (χ4n) is 2.76. The van der Waals surface area contributed by atoms with Crippen LogP contribution in [0.25, 0.3) is 0 Å². The zero-order valence-corrected chi connectivity index (χ0v) is 11.0. The van der Waals surface area contributed by atoms with Crippen LogP contribution in [0.4, 0.5) is 0 Å². The average molecular weight is 239 g/mol. The van der Waals surface area contributed by atoms with Gasteiger partial charge in [-0.05, 0) is 12.3 Å². The van der Waals surface area contributed by atoms with Gasteiger partial charge in [0.15, 0.2) is 0 Å². The topological polar surface area (TPSA) is 38.3 Å². The molecule has 1 amide bonds. The van der Waals surface area contributed by atoms with E-state index in [4.69, 9.17) is 4.74 Å². The van der Waals surface area contributed by atoms with Gasteiger partial charge in [0.25, 0.3) is 0 Å². The SMILES string of the molecule is CC1(CNC(=O)CCC2CCCCC2)COC1. The van der Waals surface area contributed by atoms with E-state index in [0.29, 0.717) is 6.42 Å². The predicted octanol–water partition coefficient (Wildman–Crippen LogP) is 2.50. The van der Waals surface area contributed by atoms with Crippen molar-refractivity contribution in [1.82, 2.24) is 5.32 Å². The van der Waals surface area contributed by atoms with Gasteiger partial charge in [0.1, 0.15) is 0 Å². The summed E-state index contributed by atoms with van der Waals surface area (Å²) in [7, 11) is 0. The van der Waals surface area contributed by atoms with Crippen LogP contribution >= 0.6 is 0 Å². The average Bonchev–Trinajstić information content (AvgIpc) is 2.33. The van der Waals surface area contributed by atoms with Crippen molar-refractivity contribution in [2.45, 2.75) is 51.9 Å². The molecule has 0 spiro atoms. The molecule has 3 heteroatoms. The van der Waals surface area contributed by atoms with Crippen molar-refractivity contribution in [2.75, 3.05) is 19.8 Å². The molecule has 2 aliphatic rings. The minimum Gasteiger partial charge on any atom is -0.380 e. The first-order valence-corrected chi connectivity index (χ1v) is 7.02. The lowest BCUT2D eigenvalue weighted by Gasteiger charge is -2.38. The zero-order chi connectivity index (χ0) is 12.1. The summed E-state index contributed by atoms with van der Waals surface area (Å²) in [5, 5.41) is 3.05. The number of amides is 1.